The fourth-order valence-electron chi connectivity index (χ4n) is 2.63. The molecule has 17 heavy (non-hydrogen) atoms. The Morgan fingerprint density at radius 1 is 1.47 bits per heavy atom. The molecule has 1 N–H and O–H groups in total. The molecule has 2 nitrogen and oxygen atoms in total. The molecule has 1 heterocycles. The summed E-state index contributed by atoms with van der Waals surface area (Å²) in [4.78, 5) is 1.49. The third-order valence-corrected chi connectivity index (χ3v) is 4.70. The largest absolute Gasteiger partial charge is 0.380 e. The molecule has 96 valence electrons. The van der Waals surface area contributed by atoms with E-state index in [1.807, 2.05) is 11.3 Å². The molecule has 1 aliphatic carbocycles. The van der Waals surface area contributed by atoms with Gasteiger partial charge in [0.15, 0.2) is 0 Å². The number of hydrogen-bond acceptors (Lipinski definition) is 3. The van der Waals surface area contributed by atoms with E-state index in [-0.39, 0.29) is 0 Å². The van der Waals surface area contributed by atoms with Crippen molar-refractivity contribution in [1.29, 1.82) is 0 Å². The maximum Gasteiger partial charge on any atom is 0.0667 e. The summed E-state index contributed by atoms with van der Waals surface area (Å²) in [6, 6.07) is 4.96. The number of ether oxygens (including phenoxy) is 1. The number of nitrogens with one attached hydrogen (secondary N) is 1. The van der Waals surface area contributed by atoms with Gasteiger partial charge in [-0.3, -0.25) is 0 Å². The lowest BCUT2D eigenvalue weighted by Gasteiger charge is -2.25. The van der Waals surface area contributed by atoms with Gasteiger partial charge in [-0.2, -0.15) is 0 Å². The summed E-state index contributed by atoms with van der Waals surface area (Å²) in [6.07, 6.45) is 5.83. The number of thiophene rings is 1. The minimum atomic E-state index is 0.291. The van der Waals surface area contributed by atoms with Crippen molar-refractivity contribution in [2.75, 3.05) is 13.7 Å². The molecular formula is C14H23NOS. The van der Waals surface area contributed by atoms with Crippen LogP contribution in [0.2, 0.25) is 0 Å². The Balaban J connectivity index is 1.97. The van der Waals surface area contributed by atoms with Crippen LogP contribution in [-0.4, -0.2) is 19.8 Å². The normalized spacial score (nSPS) is 20.6. The predicted molar refractivity (Wildman–Crippen MR) is 73.5 cm³/mol. The molecule has 0 radical (unpaired) electrons. The van der Waals surface area contributed by atoms with Crippen molar-refractivity contribution in [2.24, 2.45) is 5.92 Å². The molecule has 0 saturated heterocycles. The van der Waals surface area contributed by atoms with Crippen molar-refractivity contribution in [2.45, 2.75) is 44.8 Å². The Kier molecular flexibility index (Phi) is 5.01. The molecule has 2 atom stereocenters. The number of rotatable bonds is 6. The standard InChI is InChI=1S/C14H23NOS/c1-11(16-2)10-15-14(12-6-3-4-7-12)13-8-5-9-17-13/h5,8-9,11-12,14-15H,3-4,6-7,10H2,1-2H3. The van der Waals surface area contributed by atoms with Crippen LogP contribution in [0.3, 0.4) is 0 Å². The maximum absolute atomic E-state index is 5.32. The van der Waals surface area contributed by atoms with Crippen LogP contribution >= 0.6 is 11.3 Å². The van der Waals surface area contributed by atoms with Gasteiger partial charge in [-0.25, -0.2) is 0 Å². The van der Waals surface area contributed by atoms with E-state index >= 15 is 0 Å². The highest BCUT2D eigenvalue weighted by atomic mass is 32.1. The molecule has 2 unspecified atom stereocenters. The zero-order valence-electron chi connectivity index (χ0n) is 10.8. The van der Waals surface area contributed by atoms with Crippen molar-refractivity contribution in [3.05, 3.63) is 22.4 Å². The second-order valence-corrected chi connectivity index (χ2v) is 5.97. The average Bonchev–Trinajstić information content (AvgIpc) is 3.01. The van der Waals surface area contributed by atoms with Gasteiger partial charge < -0.3 is 10.1 Å². The zero-order valence-corrected chi connectivity index (χ0v) is 11.6. The van der Waals surface area contributed by atoms with Gasteiger partial charge in [0.25, 0.3) is 0 Å². The molecule has 0 aromatic carbocycles. The van der Waals surface area contributed by atoms with Crippen LogP contribution in [0.25, 0.3) is 0 Å². The zero-order chi connectivity index (χ0) is 12.1. The highest BCUT2D eigenvalue weighted by molar-refractivity contribution is 7.10. The van der Waals surface area contributed by atoms with Crippen LogP contribution in [0.15, 0.2) is 17.5 Å². The lowest BCUT2D eigenvalue weighted by molar-refractivity contribution is 0.111. The first-order chi connectivity index (χ1) is 8.31. The van der Waals surface area contributed by atoms with E-state index < -0.39 is 0 Å². The molecule has 1 aromatic heterocycles. The van der Waals surface area contributed by atoms with Gasteiger partial charge in [-0.1, -0.05) is 18.9 Å². The molecule has 1 saturated carbocycles. The number of methoxy groups -OCH3 is 1. The summed E-state index contributed by atoms with van der Waals surface area (Å²) in [5.74, 6) is 0.817. The first kappa shape index (κ1) is 13.1. The molecule has 0 bridgehead atoms. The Hall–Kier alpha value is -0.380. The summed E-state index contributed by atoms with van der Waals surface area (Å²) in [6.45, 7) is 3.06. The van der Waals surface area contributed by atoms with E-state index in [1.54, 1.807) is 7.11 Å². The summed E-state index contributed by atoms with van der Waals surface area (Å²) < 4.78 is 5.32. The van der Waals surface area contributed by atoms with Crippen molar-refractivity contribution in [3.63, 3.8) is 0 Å². The second kappa shape index (κ2) is 6.53. The Morgan fingerprint density at radius 2 is 2.24 bits per heavy atom. The fourth-order valence-corrected chi connectivity index (χ4v) is 3.53. The third kappa shape index (κ3) is 3.54. The molecule has 1 fully saturated rings. The van der Waals surface area contributed by atoms with Crippen LogP contribution in [0.1, 0.15) is 43.5 Å². The summed E-state index contributed by atoms with van der Waals surface area (Å²) in [7, 11) is 1.78. The molecule has 0 spiro atoms. The van der Waals surface area contributed by atoms with Gasteiger partial charge in [-0.05, 0) is 37.1 Å². The maximum atomic E-state index is 5.32. The first-order valence-corrected chi connectivity index (χ1v) is 7.49. The van der Waals surface area contributed by atoms with Crippen LogP contribution < -0.4 is 5.32 Å². The van der Waals surface area contributed by atoms with E-state index in [0.717, 1.165) is 12.5 Å². The van der Waals surface area contributed by atoms with E-state index in [0.29, 0.717) is 12.1 Å². The molecule has 2 rings (SSSR count). The van der Waals surface area contributed by atoms with Gasteiger partial charge in [0.1, 0.15) is 0 Å². The quantitative estimate of drug-likeness (QED) is 0.836. The summed E-state index contributed by atoms with van der Waals surface area (Å²) in [5, 5.41) is 5.88. The topological polar surface area (TPSA) is 21.3 Å². The van der Waals surface area contributed by atoms with Gasteiger partial charge >= 0.3 is 0 Å². The van der Waals surface area contributed by atoms with Gasteiger partial charge in [0.05, 0.1) is 6.10 Å². The monoisotopic (exact) mass is 253 g/mol. The highest BCUT2D eigenvalue weighted by Gasteiger charge is 2.26. The van der Waals surface area contributed by atoms with Gasteiger partial charge in [-0.15, -0.1) is 11.3 Å². The molecule has 0 amide bonds. The lowest BCUT2D eigenvalue weighted by atomic mass is 9.96. The van der Waals surface area contributed by atoms with E-state index in [1.165, 1.54) is 30.6 Å². The average molecular weight is 253 g/mol. The van der Waals surface area contributed by atoms with Crippen molar-refractivity contribution in [3.8, 4) is 0 Å². The number of hydrogen-bond donors (Lipinski definition) is 1. The van der Waals surface area contributed by atoms with Crippen LogP contribution in [-0.2, 0) is 4.74 Å². The van der Waals surface area contributed by atoms with Crippen molar-refractivity contribution in [1.82, 2.24) is 5.32 Å². The van der Waals surface area contributed by atoms with Crippen molar-refractivity contribution >= 4 is 11.3 Å². The van der Waals surface area contributed by atoms with Crippen LogP contribution in [0.5, 0.6) is 0 Å². The Labute approximate surface area is 108 Å². The fraction of sp³-hybridized carbons (Fsp3) is 0.714. The highest BCUT2D eigenvalue weighted by Crippen LogP contribution is 2.37. The smallest absolute Gasteiger partial charge is 0.0667 e. The summed E-state index contributed by atoms with van der Waals surface area (Å²) >= 11 is 1.87. The van der Waals surface area contributed by atoms with Crippen molar-refractivity contribution < 1.29 is 4.74 Å². The Bertz CT molecular complexity index is 306. The van der Waals surface area contributed by atoms with E-state index in [4.69, 9.17) is 4.74 Å². The van der Waals surface area contributed by atoms with Crippen LogP contribution in [0, 0.1) is 5.92 Å². The molecule has 1 aromatic rings. The molecule has 0 aliphatic heterocycles. The minimum Gasteiger partial charge on any atom is -0.380 e. The molecule has 1 aliphatic rings. The van der Waals surface area contributed by atoms with E-state index in [9.17, 15) is 0 Å². The predicted octanol–water partition coefficient (Wildman–Crippen LogP) is 3.60. The molecular weight excluding hydrogens is 230 g/mol. The van der Waals surface area contributed by atoms with Gasteiger partial charge in [0.2, 0.25) is 0 Å². The van der Waals surface area contributed by atoms with Gasteiger partial charge in [0, 0.05) is 24.6 Å². The lowest BCUT2D eigenvalue weighted by Crippen LogP contribution is -2.33. The minimum absolute atomic E-state index is 0.291. The molecule has 3 heteroatoms. The first-order valence-electron chi connectivity index (χ1n) is 6.61. The second-order valence-electron chi connectivity index (χ2n) is 4.99. The van der Waals surface area contributed by atoms with Crippen LogP contribution in [0.4, 0.5) is 0 Å². The Morgan fingerprint density at radius 3 is 2.82 bits per heavy atom. The van der Waals surface area contributed by atoms with E-state index in [2.05, 4.69) is 29.8 Å². The summed E-state index contributed by atoms with van der Waals surface area (Å²) in [5.41, 5.74) is 0. The third-order valence-electron chi connectivity index (χ3n) is 3.75. The SMILES string of the molecule is COC(C)CNC(c1cccs1)C1CCCC1.